The standard InChI is InChI=1S/C15H16FNS/c1-11-4-2-3-5-14(11)18-15(10-17)12-6-8-13(16)9-7-12/h2-9,15H,10,17H2,1H3. The van der Waals surface area contributed by atoms with E-state index < -0.39 is 0 Å². The molecule has 0 saturated carbocycles. The minimum absolute atomic E-state index is 0.159. The maximum atomic E-state index is 12.9. The van der Waals surface area contributed by atoms with Gasteiger partial charge in [0.2, 0.25) is 0 Å². The van der Waals surface area contributed by atoms with E-state index in [1.165, 1.54) is 22.6 Å². The van der Waals surface area contributed by atoms with Crippen LogP contribution in [0.4, 0.5) is 4.39 Å². The van der Waals surface area contributed by atoms with Crippen LogP contribution in [0.2, 0.25) is 0 Å². The van der Waals surface area contributed by atoms with Crippen molar-refractivity contribution in [2.75, 3.05) is 6.54 Å². The summed E-state index contributed by atoms with van der Waals surface area (Å²) in [6.45, 7) is 2.62. The second kappa shape index (κ2) is 6.03. The van der Waals surface area contributed by atoms with Crippen LogP contribution in [0.5, 0.6) is 0 Å². The normalized spacial score (nSPS) is 12.4. The van der Waals surface area contributed by atoms with Crippen LogP contribution in [0.25, 0.3) is 0 Å². The van der Waals surface area contributed by atoms with E-state index in [1.807, 2.05) is 12.1 Å². The van der Waals surface area contributed by atoms with Gasteiger partial charge in [-0.25, -0.2) is 4.39 Å². The maximum Gasteiger partial charge on any atom is 0.123 e. The van der Waals surface area contributed by atoms with Gasteiger partial charge in [-0.05, 0) is 36.2 Å². The highest BCUT2D eigenvalue weighted by Crippen LogP contribution is 2.35. The molecule has 0 fully saturated rings. The lowest BCUT2D eigenvalue weighted by Gasteiger charge is -2.16. The van der Waals surface area contributed by atoms with Crippen LogP contribution in [-0.2, 0) is 0 Å². The molecule has 94 valence electrons. The van der Waals surface area contributed by atoms with Gasteiger partial charge in [0.1, 0.15) is 5.82 Å². The third-order valence-corrected chi connectivity index (χ3v) is 4.28. The van der Waals surface area contributed by atoms with Crippen LogP contribution in [0, 0.1) is 12.7 Å². The first-order valence-corrected chi connectivity index (χ1v) is 6.76. The fourth-order valence-electron chi connectivity index (χ4n) is 1.77. The van der Waals surface area contributed by atoms with Gasteiger partial charge in [0.05, 0.1) is 0 Å². The lowest BCUT2D eigenvalue weighted by atomic mass is 10.1. The lowest BCUT2D eigenvalue weighted by molar-refractivity contribution is 0.627. The Kier molecular flexibility index (Phi) is 4.39. The molecule has 3 heteroatoms. The van der Waals surface area contributed by atoms with Crippen LogP contribution in [0.15, 0.2) is 53.4 Å². The fourth-order valence-corrected chi connectivity index (χ4v) is 2.88. The Morgan fingerprint density at radius 2 is 1.78 bits per heavy atom. The van der Waals surface area contributed by atoms with E-state index in [2.05, 4.69) is 19.1 Å². The molecule has 0 aliphatic carbocycles. The van der Waals surface area contributed by atoms with Crippen LogP contribution < -0.4 is 5.73 Å². The Balaban J connectivity index is 2.20. The van der Waals surface area contributed by atoms with Gasteiger partial charge in [0.15, 0.2) is 0 Å². The smallest absolute Gasteiger partial charge is 0.123 e. The van der Waals surface area contributed by atoms with Crippen LogP contribution >= 0.6 is 11.8 Å². The molecule has 0 aliphatic heterocycles. The minimum atomic E-state index is -0.213. The first-order chi connectivity index (χ1) is 8.70. The summed E-state index contributed by atoms with van der Waals surface area (Å²) in [4.78, 5) is 1.22. The van der Waals surface area contributed by atoms with Crippen LogP contribution in [0.1, 0.15) is 16.4 Å². The predicted octanol–water partition coefficient (Wildman–Crippen LogP) is 3.93. The molecular formula is C15H16FNS. The second-order valence-electron chi connectivity index (χ2n) is 4.16. The van der Waals surface area contributed by atoms with E-state index in [0.717, 1.165) is 5.56 Å². The van der Waals surface area contributed by atoms with Crippen molar-refractivity contribution in [1.82, 2.24) is 0 Å². The first-order valence-electron chi connectivity index (χ1n) is 5.88. The summed E-state index contributed by atoms with van der Waals surface area (Å²) >= 11 is 1.73. The molecule has 2 rings (SSSR count). The average Bonchev–Trinajstić information content (AvgIpc) is 2.39. The molecule has 0 heterocycles. The summed E-state index contributed by atoms with van der Waals surface area (Å²) < 4.78 is 12.9. The van der Waals surface area contributed by atoms with E-state index in [-0.39, 0.29) is 11.1 Å². The number of hydrogen-bond acceptors (Lipinski definition) is 2. The van der Waals surface area contributed by atoms with Crippen molar-refractivity contribution in [3.8, 4) is 0 Å². The monoisotopic (exact) mass is 261 g/mol. The minimum Gasteiger partial charge on any atom is -0.329 e. The Labute approximate surface area is 111 Å². The highest BCUT2D eigenvalue weighted by Gasteiger charge is 2.12. The van der Waals surface area contributed by atoms with E-state index >= 15 is 0 Å². The quantitative estimate of drug-likeness (QED) is 0.844. The van der Waals surface area contributed by atoms with Gasteiger partial charge in [0, 0.05) is 16.7 Å². The molecule has 2 aromatic carbocycles. The summed E-state index contributed by atoms with van der Waals surface area (Å²) in [5, 5.41) is 0.159. The average molecular weight is 261 g/mol. The molecule has 0 radical (unpaired) electrons. The van der Waals surface area contributed by atoms with Gasteiger partial charge in [-0.15, -0.1) is 11.8 Å². The highest BCUT2D eigenvalue weighted by molar-refractivity contribution is 7.99. The van der Waals surface area contributed by atoms with Crippen molar-refractivity contribution in [3.05, 3.63) is 65.5 Å². The number of halogens is 1. The molecular weight excluding hydrogens is 245 g/mol. The summed E-state index contributed by atoms with van der Waals surface area (Å²) in [6.07, 6.45) is 0. The molecule has 1 atom stereocenters. The van der Waals surface area contributed by atoms with Crippen molar-refractivity contribution >= 4 is 11.8 Å². The highest BCUT2D eigenvalue weighted by atomic mass is 32.2. The molecule has 0 saturated heterocycles. The number of hydrogen-bond donors (Lipinski definition) is 1. The van der Waals surface area contributed by atoms with E-state index in [9.17, 15) is 4.39 Å². The molecule has 1 nitrogen and oxygen atoms in total. The molecule has 0 aromatic heterocycles. The Hall–Kier alpha value is -1.32. The Morgan fingerprint density at radius 3 is 2.39 bits per heavy atom. The van der Waals surface area contributed by atoms with Crippen LogP contribution in [0.3, 0.4) is 0 Å². The molecule has 2 aromatic rings. The van der Waals surface area contributed by atoms with E-state index in [4.69, 9.17) is 5.73 Å². The third-order valence-electron chi connectivity index (χ3n) is 2.82. The van der Waals surface area contributed by atoms with Gasteiger partial charge in [-0.3, -0.25) is 0 Å². The number of benzene rings is 2. The second-order valence-corrected chi connectivity index (χ2v) is 5.40. The zero-order valence-corrected chi connectivity index (χ0v) is 11.1. The molecule has 2 N–H and O–H groups in total. The summed E-state index contributed by atoms with van der Waals surface area (Å²) in [7, 11) is 0. The third kappa shape index (κ3) is 3.12. The molecule has 18 heavy (non-hydrogen) atoms. The van der Waals surface area contributed by atoms with Crippen molar-refractivity contribution in [2.24, 2.45) is 5.73 Å². The summed E-state index contributed by atoms with van der Waals surface area (Å²) in [6, 6.07) is 14.8. The van der Waals surface area contributed by atoms with Crippen molar-refractivity contribution in [3.63, 3.8) is 0 Å². The number of rotatable bonds is 4. The zero-order chi connectivity index (χ0) is 13.0. The molecule has 0 bridgehead atoms. The van der Waals surface area contributed by atoms with Gasteiger partial charge < -0.3 is 5.73 Å². The molecule has 0 amide bonds. The van der Waals surface area contributed by atoms with E-state index in [1.54, 1.807) is 23.9 Å². The first kappa shape index (κ1) is 13.1. The van der Waals surface area contributed by atoms with Crippen LogP contribution in [-0.4, -0.2) is 6.54 Å². The lowest BCUT2D eigenvalue weighted by Crippen LogP contribution is -2.09. The molecule has 1 unspecified atom stereocenters. The predicted molar refractivity (Wildman–Crippen MR) is 75.2 cm³/mol. The molecule has 0 spiro atoms. The van der Waals surface area contributed by atoms with Gasteiger partial charge >= 0.3 is 0 Å². The SMILES string of the molecule is Cc1ccccc1SC(CN)c1ccc(F)cc1. The maximum absolute atomic E-state index is 12.9. The van der Waals surface area contributed by atoms with Crippen molar-refractivity contribution < 1.29 is 4.39 Å². The topological polar surface area (TPSA) is 26.0 Å². The Bertz CT molecular complexity index is 510. The Morgan fingerprint density at radius 1 is 1.11 bits per heavy atom. The fraction of sp³-hybridized carbons (Fsp3) is 0.200. The van der Waals surface area contributed by atoms with E-state index in [0.29, 0.717) is 6.54 Å². The van der Waals surface area contributed by atoms with Crippen molar-refractivity contribution in [1.29, 1.82) is 0 Å². The van der Waals surface area contributed by atoms with Gasteiger partial charge in [-0.2, -0.15) is 0 Å². The van der Waals surface area contributed by atoms with Crippen molar-refractivity contribution in [2.45, 2.75) is 17.1 Å². The summed E-state index contributed by atoms with van der Waals surface area (Å²) in [5.41, 5.74) is 8.13. The molecule has 0 aliphatic rings. The number of nitrogens with two attached hydrogens (primary N) is 1. The van der Waals surface area contributed by atoms with Gasteiger partial charge in [0.25, 0.3) is 0 Å². The number of aryl methyl sites for hydroxylation is 1. The number of thioether (sulfide) groups is 1. The summed E-state index contributed by atoms with van der Waals surface area (Å²) in [5.74, 6) is -0.213. The largest absolute Gasteiger partial charge is 0.329 e. The van der Waals surface area contributed by atoms with Gasteiger partial charge in [-0.1, -0.05) is 30.3 Å². The zero-order valence-electron chi connectivity index (χ0n) is 10.3.